The van der Waals surface area contributed by atoms with E-state index in [1.807, 2.05) is 19.1 Å². The van der Waals surface area contributed by atoms with Crippen molar-refractivity contribution in [3.8, 4) is 0 Å². The lowest BCUT2D eigenvalue weighted by Crippen LogP contribution is -2.41. The van der Waals surface area contributed by atoms with Crippen molar-refractivity contribution in [3.05, 3.63) is 73.7 Å². The Labute approximate surface area is 215 Å². The number of anilines is 3. The molecule has 2 saturated heterocycles. The third-order valence-corrected chi connectivity index (χ3v) is 8.36. The molecule has 0 bridgehead atoms. The van der Waals surface area contributed by atoms with E-state index in [0.717, 1.165) is 29.3 Å². The van der Waals surface area contributed by atoms with Crippen molar-refractivity contribution in [1.29, 1.82) is 0 Å². The molecule has 0 radical (unpaired) electrons. The lowest BCUT2D eigenvalue weighted by atomic mass is 10.0. The monoisotopic (exact) mass is 527 g/mol. The Morgan fingerprint density at radius 1 is 1.14 bits per heavy atom. The zero-order valence-corrected chi connectivity index (χ0v) is 20.9. The summed E-state index contributed by atoms with van der Waals surface area (Å²) in [4.78, 5) is 50.6. The number of halogens is 1. The van der Waals surface area contributed by atoms with Gasteiger partial charge < -0.3 is 25.1 Å². The maximum Gasteiger partial charge on any atom is 0.326 e. The Balaban J connectivity index is 1.42. The first-order valence-corrected chi connectivity index (χ1v) is 13.2. The fourth-order valence-corrected chi connectivity index (χ4v) is 6.35. The zero-order valence-electron chi connectivity index (χ0n) is 20.1. The molecule has 3 N–H and O–H groups in total. The average molecular weight is 528 g/mol. The van der Waals surface area contributed by atoms with E-state index < -0.39 is 34.6 Å². The number of furan rings is 1. The SMILES string of the molecule is Cc1ccc([C@@H](Nc2c(Nc3cccc(C(=O)N4CCCC4C(=O)O)c3F)c(=O)c2=O)C2CCCS2)o1. The van der Waals surface area contributed by atoms with Gasteiger partial charge in [-0.15, -0.1) is 0 Å². The molecule has 5 rings (SSSR count). The van der Waals surface area contributed by atoms with Crippen molar-refractivity contribution in [2.24, 2.45) is 0 Å². The highest BCUT2D eigenvalue weighted by atomic mass is 32.2. The second-order valence-electron chi connectivity index (χ2n) is 9.32. The Morgan fingerprint density at radius 2 is 1.92 bits per heavy atom. The van der Waals surface area contributed by atoms with Crippen LogP contribution in [0.1, 0.15) is 53.6 Å². The van der Waals surface area contributed by atoms with Crippen LogP contribution < -0.4 is 21.5 Å². The van der Waals surface area contributed by atoms with Gasteiger partial charge in [-0.2, -0.15) is 11.8 Å². The molecule has 3 atom stereocenters. The summed E-state index contributed by atoms with van der Waals surface area (Å²) in [6.07, 6.45) is 2.74. The highest BCUT2D eigenvalue weighted by Crippen LogP contribution is 2.39. The molecule has 0 aliphatic carbocycles. The highest BCUT2D eigenvalue weighted by Gasteiger charge is 2.36. The van der Waals surface area contributed by atoms with Crippen LogP contribution in [0.25, 0.3) is 0 Å². The molecule has 11 heteroatoms. The van der Waals surface area contributed by atoms with E-state index >= 15 is 4.39 Å². The number of nitrogens with zero attached hydrogens (tertiary/aromatic N) is 1. The number of carboxylic acid groups (broad SMARTS) is 1. The van der Waals surface area contributed by atoms with Crippen LogP contribution in [0.5, 0.6) is 0 Å². The summed E-state index contributed by atoms with van der Waals surface area (Å²) in [6.45, 7) is 2.04. The van der Waals surface area contributed by atoms with Gasteiger partial charge in [-0.05, 0) is 62.6 Å². The number of thioether (sulfide) groups is 1. The first-order chi connectivity index (χ1) is 17.8. The fourth-order valence-electron chi connectivity index (χ4n) is 4.99. The molecule has 3 aromatic rings. The largest absolute Gasteiger partial charge is 0.480 e. The number of carboxylic acids is 1. The summed E-state index contributed by atoms with van der Waals surface area (Å²) in [5, 5.41) is 15.4. The number of aliphatic carboxylic acids is 1. The van der Waals surface area contributed by atoms with Crippen molar-refractivity contribution < 1.29 is 23.5 Å². The van der Waals surface area contributed by atoms with Gasteiger partial charge in [-0.1, -0.05) is 6.07 Å². The molecule has 1 aromatic heterocycles. The molecular formula is C26H26FN3O6S. The lowest BCUT2D eigenvalue weighted by Gasteiger charge is -2.25. The standard InChI is InChI=1S/C26H26FN3O6S/c1-13-9-10-17(36-13)20(18-8-4-12-37-18)29-22-21(23(31)24(22)32)28-15-6-2-5-14(19(15)27)25(33)30-11-3-7-16(30)26(34)35/h2,5-6,9-10,16,18,20,28-29H,3-4,7-8,11-12H2,1H3,(H,34,35)/t16?,18?,20-/m1/s1. The molecule has 2 aliphatic rings. The molecule has 2 unspecified atom stereocenters. The number of nitrogens with one attached hydrogen (secondary N) is 2. The Bertz CT molecular complexity index is 1420. The van der Waals surface area contributed by atoms with Gasteiger partial charge in [0.05, 0.1) is 17.3 Å². The molecular weight excluding hydrogens is 501 g/mol. The molecule has 1 amide bonds. The summed E-state index contributed by atoms with van der Waals surface area (Å²) in [5.74, 6) is -0.450. The zero-order chi connectivity index (χ0) is 26.3. The number of rotatable bonds is 8. The van der Waals surface area contributed by atoms with E-state index in [1.54, 1.807) is 11.8 Å². The van der Waals surface area contributed by atoms with Gasteiger partial charge in [0.2, 0.25) is 0 Å². The maximum absolute atomic E-state index is 15.4. The van der Waals surface area contributed by atoms with Crippen molar-refractivity contribution in [2.75, 3.05) is 22.9 Å². The Kier molecular flexibility index (Phi) is 6.80. The summed E-state index contributed by atoms with van der Waals surface area (Å²) < 4.78 is 21.3. The number of carbonyl (C=O) groups is 2. The quantitative estimate of drug-likeness (QED) is 0.375. The third kappa shape index (κ3) is 4.63. The second kappa shape index (κ2) is 10.0. The minimum absolute atomic E-state index is 0.0400. The first kappa shape index (κ1) is 25.1. The van der Waals surface area contributed by atoms with Gasteiger partial charge >= 0.3 is 5.97 Å². The van der Waals surface area contributed by atoms with Crippen molar-refractivity contribution in [3.63, 3.8) is 0 Å². The van der Waals surface area contributed by atoms with Crippen LogP contribution in [0, 0.1) is 12.7 Å². The molecule has 0 saturated carbocycles. The summed E-state index contributed by atoms with van der Waals surface area (Å²) in [7, 11) is 0. The Morgan fingerprint density at radius 3 is 2.59 bits per heavy atom. The molecule has 0 spiro atoms. The summed E-state index contributed by atoms with van der Waals surface area (Å²) in [5.41, 5.74) is -2.02. The number of hydrogen-bond acceptors (Lipinski definition) is 8. The minimum Gasteiger partial charge on any atom is -0.480 e. The number of carbonyl (C=O) groups excluding carboxylic acids is 1. The smallest absolute Gasteiger partial charge is 0.326 e. The normalized spacial score (nSPS) is 20.3. The van der Waals surface area contributed by atoms with Gasteiger partial charge in [0.1, 0.15) is 28.9 Å². The van der Waals surface area contributed by atoms with E-state index in [2.05, 4.69) is 10.6 Å². The predicted molar refractivity (Wildman–Crippen MR) is 138 cm³/mol. The predicted octanol–water partition coefficient (Wildman–Crippen LogP) is 3.80. The molecule has 194 valence electrons. The second-order valence-corrected chi connectivity index (χ2v) is 10.7. The number of hydrogen-bond donors (Lipinski definition) is 3. The molecule has 9 nitrogen and oxygen atoms in total. The van der Waals surface area contributed by atoms with Crippen LogP contribution >= 0.6 is 11.8 Å². The molecule has 2 aliphatic heterocycles. The Hall–Kier alpha value is -3.60. The van der Waals surface area contributed by atoms with Gasteiger partial charge in [0.25, 0.3) is 16.8 Å². The van der Waals surface area contributed by atoms with Crippen LogP contribution in [-0.2, 0) is 4.79 Å². The number of amides is 1. The summed E-state index contributed by atoms with van der Waals surface area (Å²) >= 11 is 1.75. The molecule has 3 heterocycles. The van der Waals surface area contributed by atoms with Crippen molar-refractivity contribution in [2.45, 2.75) is 49.9 Å². The van der Waals surface area contributed by atoms with E-state index in [-0.39, 0.29) is 40.5 Å². The lowest BCUT2D eigenvalue weighted by molar-refractivity contribution is -0.141. The van der Waals surface area contributed by atoms with Crippen LogP contribution in [0.15, 0.2) is 44.3 Å². The third-order valence-electron chi connectivity index (χ3n) is 6.90. The van der Waals surface area contributed by atoms with Crippen LogP contribution in [0.4, 0.5) is 21.5 Å². The number of aryl methyl sites for hydroxylation is 1. The number of benzene rings is 1. The molecule has 2 aromatic carbocycles. The average Bonchev–Trinajstić information content (AvgIpc) is 3.66. The summed E-state index contributed by atoms with van der Waals surface area (Å²) in [6, 6.07) is 6.36. The van der Waals surface area contributed by atoms with Crippen LogP contribution in [-0.4, -0.2) is 45.5 Å². The molecule has 2 fully saturated rings. The van der Waals surface area contributed by atoms with Gasteiger partial charge in [0.15, 0.2) is 5.82 Å². The van der Waals surface area contributed by atoms with E-state index in [1.165, 1.54) is 18.2 Å². The first-order valence-electron chi connectivity index (χ1n) is 12.1. The van der Waals surface area contributed by atoms with Crippen molar-refractivity contribution in [1.82, 2.24) is 4.90 Å². The maximum atomic E-state index is 15.4. The fraction of sp³-hybridized carbons (Fsp3) is 0.385. The minimum atomic E-state index is -1.14. The number of likely N-dealkylation sites (tertiary alicyclic amines) is 1. The van der Waals surface area contributed by atoms with Crippen LogP contribution in [0.3, 0.4) is 0 Å². The molecule has 37 heavy (non-hydrogen) atoms. The van der Waals surface area contributed by atoms with E-state index in [4.69, 9.17) is 4.42 Å². The van der Waals surface area contributed by atoms with E-state index in [9.17, 15) is 24.3 Å². The van der Waals surface area contributed by atoms with Crippen molar-refractivity contribution >= 4 is 40.7 Å². The highest BCUT2D eigenvalue weighted by molar-refractivity contribution is 8.00. The van der Waals surface area contributed by atoms with Crippen LogP contribution in [0.2, 0.25) is 0 Å². The topological polar surface area (TPSA) is 129 Å². The van der Waals surface area contributed by atoms with Gasteiger partial charge in [0, 0.05) is 11.8 Å². The van der Waals surface area contributed by atoms with E-state index in [0.29, 0.717) is 18.6 Å². The van der Waals surface area contributed by atoms with Gasteiger partial charge in [-0.3, -0.25) is 14.4 Å². The van der Waals surface area contributed by atoms with Gasteiger partial charge in [-0.25, -0.2) is 9.18 Å².